The maximum absolute atomic E-state index is 13.3. The van der Waals surface area contributed by atoms with Crippen LogP contribution < -0.4 is 16.4 Å². The summed E-state index contributed by atoms with van der Waals surface area (Å²) >= 11 is 0. The van der Waals surface area contributed by atoms with E-state index in [0.29, 0.717) is 5.69 Å². The van der Waals surface area contributed by atoms with Gasteiger partial charge in [0.1, 0.15) is 16.8 Å². The molecule has 0 radical (unpaired) electrons. The van der Waals surface area contributed by atoms with Crippen LogP contribution in [0.3, 0.4) is 0 Å². The number of pyridine rings is 1. The van der Waals surface area contributed by atoms with Crippen LogP contribution in [0.1, 0.15) is 12.5 Å². The van der Waals surface area contributed by atoms with Gasteiger partial charge >= 0.3 is 6.18 Å². The van der Waals surface area contributed by atoms with Crippen LogP contribution in [-0.4, -0.2) is 61.2 Å². The lowest BCUT2D eigenvalue weighted by Gasteiger charge is -2.40. The number of nitrogen functional groups attached to an aromatic ring is 1. The summed E-state index contributed by atoms with van der Waals surface area (Å²) in [5, 5.41) is 10.0. The van der Waals surface area contributed by atoms with Gasteiger partial charge in [-0.05, 0) is 36.8 Å². The normalized spacial score (nSPS) is 19.5. The Bertz CT molecular complexity index is 1140. The summed E-state index contributed by atoms with van der Waals surface area (Å²) in [6.45, 7) is 1.02. The average Bonchev–Trinajstić information content (AvgIpc) is 2.78. The molecule has 3 rings (SSSR count). The van der Waals surface area contributed by atoms with E-state index in [1.165, 1.54) is 34.8 Å². The quantitative estimate of drug-likeness (QED) is 0.547. The monoisotopic (exact) mass is 483 g/mol. The van der Waals surface area contributed by atoms with Crippen molar-refractivity contribution in [1.82, 2.24) is 9.29 Å². The average molecular weight is 484 g/mol. The third-order valence-corrected chi connectivity index (χ3v) is 7.34. The van der Waals surface area contributed by atoms with Crippen molar-refractivity contribution in [2.75, 3.05) is 36.8 Å². The molecule has 0 saturated carbocycles. The summed E-state index contributed by atoms with van der Waals surface area (Å²) in [5.74, 6) is 5.93. The van der Waals surface area contributed by atoms with E-state index in [4.69, 9.17) is 11.5 Å². The van der Waals surface area contributed by atoms with Gasteiger partial charge in [-0.2, -0.15) is 17.5 Å². The lowest BCUT2D eigenvalue weighted by Crippen LogP contribution is -2.54. The number of nitrogens with two attached hydrogens (primary N) is 2. The first kappa shape index (κ1) is 24.8. The molecular weight excluding hydrogens is 459 g/mol. The standard InChI is InChI=1S/C21H24F3N5O3S/c1-2-3-17-13-28(33(31,32)18-8-9-19(26)27-12-18)10-11-29(17)16-6-4-15(5-7-16)20(30,14-25)21(22,23)24/h4-9,12,17,30H,10-11,13-14,25H2,1H3,(H2,26,27). The number of halogens is 3. The number of rotatable bonds is 5. The van der Waals surface area contributed by atoms with E-state index in [2.05, 4.69) is 16.8 Å². The molecule has 1 saturated heterocycles. The predicted octanol–water partition coefficient (Wildman–Crippen LogP) is 1.28. The summed E-state index contributed by atoms with van der Waals surface area (Å²) in [6.07, 6.45) is -3.74. The molecular formula is C21H24F3N5O3S. The number of piperazine rings is 1. The van der Waals surface area contributed by atoms with Crippen LogP contribution in [0, 0.1) is 11.8 Å². The van der Waals surface area contributed by atoms with Gasteiger partial charge in [-0.15, -0.1) is 5.92 Å². The second kappa shape index (κ2) is 9.18. The van der Waals surface area contributed by atoms with Gasteiger partial charge in [-0.3, -0.25) is 0 Å². The zero-order valence-corrected chi connectivity index (χ0v) is 18.6. The molecule has 0 aliphatic carbocycles. The number of anilines is 2. The number of aliphatic hydroxyl groups is 1. The molecule has 5 N–H and O–H groups in total. The van der Waals surface area contributed by atoms with E-state index < -0.39 is 34.4 Å². The Morgan fingerprint density at radius 1 is 1.18 bits per heavy atom. The number of nitrogens with zero attached hydrogens (tertiary/aromatic N) is 3. The van der Waals surface area contributed by atoms with Crippen LogP contribution in [0.15, 0.2) is 47.5 Å². The fourth-order valence-electron chi connectivity index (χ4n) is 3.59. The highest BCUT2D eigenvalue weighted by Crippen LogP contribution is 2.39. The molecule has 0 spiro atoms. The van der Waals surface area contributed by atoms with Crippen LogP contribution in [-0.2, 0) is 15.6 Å². The Kier molecular flexibility index (Phi) is 6.90. The smallest absolute Gasteiger partial charge is 0.384 e. The van der Waals surface area contributed by atoms with E-state index in [0.717, 1.165) is 12.1 Å². The van der Waals surface area contributed by atoms with Crippen molar-refractivity contribution >= 4 is 21.5 Å². The lowest BCUT2D eigenvalue weighted by molar-refractivity contribution is -0.262. The summed E-state index contributed by atoms with van der Waals surface area (Å²) in [6, 6.07) is 7.42. The lowest BCUT2D eigenvalue weighted by atomic mass is 9.93. The summed E-state index contributed by atoms with van der Waals surface area (Å²) < 4.78 is 67.2. The molecule has 8 nitrogen and oxygen atoms in total. The van der Waals surface area contributed by atoms with Crippen molar-refractivity contribution in [2.24, 2.45) is 5.73 Å². The van der Waals surface area contributed by atoms with Gasteiger partial charge in [-0.1, -0.05) is 18.1 Å². The van der Waals surface area contributed by atoms with Crippen LogP contribution in [0.25, 0.3) is 0 Å². The molecule has 178 valence electrons. The zero-order valence-electron chi connectivity index (χ0n) is 17.7. The third kappa shape index (κ3) is 4.77. The molecule has 0 amide bonds. The van der Waals surface area contributed by atoms with Gasteiger partial charge in [0.15, 0.2) is 5.60 Å². The van der Waals surface area contributed by atoms with Crippen LogP contribution in [0.2, 0.25) is 0 Å². The van der Waals surface area contributed by atoms with Crippen LogP contribution >= 0.6 is 0 Å². The van der Waals surface area contributed by atoms with Gasteiger partial charge in [0.25, 0.3) is 0 Å². The second-order valence-electron chi connectivity index (χ2n) is 7.49. The van der Waals surface area contributed by atoms with Gasteiger partial charge < -0.3 is 21.5 Å². The van der Waals surface area contributed by atoms with Crippen molar-refractivity contribution in [3.8, 4) is 11.8 Å². The molecule has 1 aliphatic rings. The van der Waals surface area contributed by atoms with Gasteiger partial charge in [0.05, 0.1) is 0 Å². The van der Waals surface area contributed by atoms with Crippen molar-refractivity contribution in [1.29, 1.82) is 0 Å². The highest BCUT2D eigenvalue weighted by Gasteiger charge is 2.54. The minimum absolute atomic E-state index is 0.00549. The second-order valence-corrected chi connectivity index (χ2v) is 9.43. The Hall–Kier alpha value is -2.85. The molecule has 12 heteroatoms. The van der Waals surface area contributed by atoms with Crippen molar-refractivity contribution in [2.45, 2.75) is 29.6 Å². The number of aromatic nitrogens is 1. The molecule has 1 fully saturated rings. The maximum atomic E-state index is 13.3. The molecule has 33 heavy (non-hydrogen) atoms. The maximum Gasteiger partial charge on any atom is 0.422 e. The van der Waals surface area contributed by atoms with Gasteiger partial charge in [0, 0.05) is 38.1 Å². The van der Waals surface area contributed by atoms with E-state index in [1.807, 2.05) is 4.90 Å². The van der Waals surface area contributed by atoms with Gasteiger partial charge in [0.2, 0.25) is 10.0 Å². The largest absolute Gasteiger partial charge is 0.422 e. The highest BCUT2D eigenvalue weighted by atomic mass is 32.2. The fraction of sp³-hybridized carbons (Fsp3) is 0.381. The Labute approximate surface area is 190 Å². The molecule has 0 bridgehead atoms. The molecule has 1 aromatic heterocycles. The molecule has 1 aliphatic heterocycles. The first-order chi connectivity index (χ1) is 15.4. The first-order valence-electron chi connectivity index (χ1n) is 9.94. The first-order valence-corrected chi connectivity index (χ1v) is 11.4. The number of sulfonamides is 1. The minimum atomic E-state index is -4.93. The number of hydrogen-bond donors (Lipinski definition) is 3. The van der Waals surface area contributed by atoms with E-state index >= 15 is 0 Å². The molecule has 2 atom stereocenters. The number of hydrogen-bond acceptors (Lipinski definition) is 7. The molecule has 1 aromatic carbocycles. The Morgan fingerprint density at radius 2 is 1.85 bits per heavy atom. The molecule has 2 heterocycles. The SMILES string of the molecule is CC#CC1CN(S(=O)(=O)c2ccc(N)nc2)CCN1c1ccc(C(O)(CN)C(F)(F)F)cc1. The zero-order chi connectivity index (χ0) is 24.4. The van der Waals surface area contributed by atoms with Crippen molar-refractivity contribution in [3.63, 3.8) is 0 Å². The summed E-state index contributed by atoms with van der Waals surface area (Å²) in [4.78, 5) is 5.65. The number of alkyl halides is 3. The summed E-state index contributed by atoms with van der Waals surface area (Å²) in [7, 11) is -3.83. The fourth-order valence-corrected chi connectivity index (χ4v) is 4.98. The summed E-state index contributed by atoms with van der Waals surface area (Å²) in [5.41, 5.74) is 7.74. The highest BCUT2D eigenvalue weighted by molar-refractivity contribution is 7.89. The Balaban J connectivity index is 1.86. The Morgan fingerprint density at radius 3 is 2.36 bits per heavy atom. The van der Waals surface area contributed by atoms with E-state index in [1.54, 1.807) is 6.92 Å². The predicted molar refractivity (Wildman–Crippen MR) is 117 cm³/mol. The minimum Gasteiger partial charge on any atom is -0.384 e. The van der Waals surface area contributed by atoms with E-state index in [-0.39, 0.29) is 35.9 Å². The van der Waals surface area contributed by atoms with Gasteiger partial charge in [-0.25, -0.2) is 13.4 Å². The van der Waals surface area contributed by atoms with Crippen molar-refractivity contribution < 1.29 is 26.7 Å². The number of benzene rings is 1. The topological polar surface area (TPSA) is 126 Å². The van der Waals surface area contributed by atoms with Crippen LogP contribution in [0.5, 0.6) is 0 Å². The van der Waals surface area contributed by atoms with Crippen LogP contribution in [0.4, 0.5) is 24.7 Å². The van der Waals surface area contributed by atoms with Crippen molar-refractivity contribution in [3.05, 3.63) is 48.2 Å². The third-order valence-electron chi connectivity index (χ3n) is 5.49. The van der Waals surface area contributed by atoms with E-state index in [9.17, 15) is 26.7 Å². The molecule has 2 unspecified atom stereocenters. The molecule has 2 aromatic rings.